The summed E-state index contributed by atoms with van der Waals surface area (Å²) >= 11 is 0. The molecule has 0 aliphatic carbocycles. The van der Waals surface area contributed by atoms with Crippen LogP contribution in [0.3, 0.4) is 0 Å². The second-order valence-electron chi connectivity index (χ2n) is 5.64. The molecule has 2 aromatic rings. The van der Waals surface area contributed by atoms with E-state index in [1.165, 1.54) is 12.1 Å². The maximum atomic E-state index is 14.4. The Labute approximate surface area is 122 Å². The third-order valence-electron chi connectivity index (χ3n) is 4.50. The highest BCUT2D eigenvalue weighted by Gasteiger charge is 2.45. The second-order valence-corrected chi connectivity index (χ2v) is 5.64. The molecule has 2 aromatic carbocycles. The van der Waals surface area contributed by atoms with Crippen molar-refractivity contribution in [2.24, 2.45) is 0 Å². The first-order valence-corrected chi connectivity index (χ1v) is 7.27. The van der Waals surface area contributed by atoms with Crippen LogP contribution in [0.25, 0.3) is 0 Å². The van der Waals surface area contributed by atoms with Crippen molar-refractivity contribution in [3.63, 3.8) is 0 Å². The van der Waals surface area contributed by atoms with Gasteiger partial charge in [-0.15, -0.1) is 0 Å². The number of anilines is 2. The number of nitrogens with one attached hydrogen (secondary N) is 1. The number of piperidine rings is 1. The Morgan fingerprint density at radius 1 is 1.05 bits per heavy atom. The number of rotatable bonds is 1. The Morgan fingerprint density at radius 3 is 2.62 bits per heavy atom. The molecule has 0 saturated carbocycles. The molecular formula is C17H16F2N2. The molecule has 0 bridgehead atoms. The Hall–Kier alpha value is -1.94. The van der Waals surface area contributed by atoms with Gasteiger partial charge in [0.1, 0.15) is 5.82 Å². The smallest absolute Gasteiger partial charge is 0.160 e. The minimum absolute atomic E-state index is 0.0871. The first kappa shape index (κ1) is 12.8. The summed E-state index contributed by atoms with van der Waals surface area (Å²) in [4.78, 5) is 2.16. The van der Waals surface area contributed by atoms with Gasteiger partial charge in [0, 0.05) is 17.4 Å². The van der Waals surface area contributed by atoms with Crippen LogP contribution in [-0.2, 0) is 0 Å². The van der Waals surface area contributed by atoms with Gasteiger partial charge in [-0.2, -0.15) is 0 Å². The normalized spacial score (nSPS) is 27.3. The molecule has 2 nitrogen and oxygen atoms in total. The fourth-order valence-corrected chi connectivity index (χ4v) is 3.62. The van der Waals surface area contributed by atoms with Gasteiger partial charge in [0.2, 0.25) is 0 Å². The highest BCUT2D eigenvalue weighted by atomic mass is 19.1. The number of hydrogen-bond donors (Lipinski definition) is 1. The molecule has 2 aliphatic heterocycles. The van der Waals surface area contributed by atoms with E-state index in [2.05, 4.69) is 10.2 Å². The summed E-state index contributed by atoms with van der Waals surface area (Å²) in [6, 6.07) is 14.5. The molecule has 1 fully saturated rings. The summed E-state index contributed by atoms with van der Waals surface area (Å²) in [6.45, 7) is 0.661. The first-order chi connectivity index (χ1) is 10.3. The zero-order valence-corrected chi connectivity index (χ0v) is 11.5. The van der Waals surface area contributed by atoms with E-state index in [4.69, 9.17) is 0 Å². The average molecular weight is 286 g/mol. The molecule has 2 heterocycles. The molecule has 2 aliphatic rings. The Morgan fingerprint density at radius 2 is 1.81 bits per heavy atom. The minimum Gasteiger partial charge on any atom is -0.337 e. The predicted octanol–water partition coefficient (Wildman–Crippen LogP) is 3.72. The molecule has 3 atom stereocenters. The van der Waals surface area contributed by atoms with Crippen LogP contribution in [0.5, 0.6) is 0 Å². The summed E-state index contributed by atoms with van der Waals surface area (Å²) in [5, 5.41) is 2.92. The van der Waals surface area contributed by atoms with Crippen LogP contribution in [-0.4, -0.2) is 18.9 Å². The molecule has 4 heteroatoms. The molecule has 0 aromatic heterocycles. The van der Waals surface area contributed by atoms with Crippen LogP contribution in [0.2, 0.25) is 0 Å². The highest BCUT2D eigenvalue weighted by molar-refractivity contribution is 5.73. The van der Waals surface area contributed by atoms with E-state index in [0.29, 0.717) is 6.54 Å². The van der Waals surface area contributed by atoms with Crippen LogP contribution in [0.15, 0.2) is 48.5 Å². The van der Waals surface area contributed by atoms with Crippen LogP contribution in [0, 0.1) is 5.82 Å². The monoisotopic (exact) mass is 286 g/mol. The third-order valence-corrected chi connectivity index (χ3v) is 4.50. The van der Waals surface area contributed by atoms with E-state index < -0.39 is 6.30 Å². The lowest BCUT2D eigenvalue weighted by Gasteiger charge is -2.35. The van der Waals surface area contributed by atoms with Gasteiger partial charge in [0.25, 0.3) is 0 Å². The molecule has 1 N–H and O–H groups in total. The first-order valence-electron chi connectivity index (χ1n) is 7.27. The second kappa shape index (κ2) is 4.81. The van der Waals surface area contributed by atoms with E-state index in [1.54, 1.807) is 12.1 Å². The van der Waals surface area contributed by atoms with Crippen LogP contribution in [0.4, 0.5) is 20.2 Å². The van der Waals surface area contributed by atoms with E-state index in [9.17, 15) is 8.78 Å². The van der Waals surface area contributed by atoms with Gasteiger partial charge in [-0.3, -0.25) is 5.32 Å². The predicted molar refractivity (Wildman–Crippen MR) is 79.0 cm³/mol. The zero-order valence-electron chi connectivity index (χ0n) is 11.5. The Kier molecular flexibility index (Phi) is 2.93. The van der Waals surface area contributed by atoms with Gasteiger partial charge in [-0.05, 0) is 48.9 Å². The van der Waals surface area contributed by atoms with E-state index in [0.717, 1.165) is 23.4 Å². The highest BCUT2D eigenvalue weighted by Crippen LogP contribution is 2.49. The van der Waals surface area contributed by atoms with E-state index in [-0.39, 0.29) is 17.8 Å². The molecule has 0 amide bonds. The lowest BCUT2D eigenvalue weighted by molar-refractivity contribution is 0.180. The standard InChI is InChI=1S/C17H16F2N2/c18-11-5-7-12(8-6-11)21-14-4-2-1-3-13(14)16-15(21)9-10-20-17(16)19/h1-8,15-17,20H,9-10H2. The van der Waals surface area contributed by atoms with E-state index in [1.807, 2.05) is 24.3 Å². The Balaban J connectivity index is 1.84. The summed E-state index contributed by atoms with van der Waals surface area (Å²) in [5.74, 6) is -0.420. The number of fused-ring (bicyclic) bond motifs is 3. The molecule has 21 heavy (non-hydrogen) atoms. The molecule has 108 valence electrons. The van der Waals surface area contributed by atoms with Gasteiger partial charge in [0.05, 0.1) is 5.92 Å². The van der Waals surface area contributed by atoms with Crippen LogP contribution >= 0.6 is 0 Å². The lowest BCUT2D eigenvalue weighted by atomic mass is 9.89. The van der Waals surface area contributed by atoms with Crippen molar-refractivity contribution in [1.82, 2.24) is 5.32 Å². The van der Waals surface area contributed by atoms with Crippen LogP contribution < -0.4 is 10.2 Å². The number of halogens is 2. The van der Waals surface area contributed by atoms with Crippen molar-refractivity contribution in [3.05, 3.63) is 59.9 Å². The maximum absolute atomic E-state index is 14.4. The molecular weight excluding hydrogens is 270 g/mol. The van der Waals surface area contributed by atoms with Gasteiger partial charge in [0.15, 0.2) is 6.30 Å². The molecule has 1 saturated heterocycles. The van der Waals surface area contributed by atoms with Crippen molar-refractivity contribution >= 4 is 11.4 Å². The number of benzene rings is 2. The Bertz CT molecular complexity index is 656. The van der Waals surface area contributed by atoms with Crippen molar-refractivity contribution < 1.29 is 8.78 Å². The van der Waals surface area contributed by atoms with Crippen molar-refractivity contribution in [2.45, 2.75) is 24.7 Å². The van der Waals surface area contributed by atoms with Gasteiger partial charge in [-0.25, -0.2) is 8.78 Å². The summed E-state index contributed by atoms with van der Waals surface area (Å²) in [7, 11) is 0. The van der Waals surface area contributed by atoms with Crippen molar-refractivity contribution in [3.8, 4) is 0 Å². The van der Waals surface area contributed by atoms with E-state index >= 15 is 0 Å². The SMILES string of the molecule is Fc1ccc(N2c3ccccc3C3C(F)NCCC32)cc1. The topological polar surface area (TPSA) is 15.3 Å². The number of nitrogens with zero attached hydrogens (tertiary/aromatic N) is 1. The number of alkyl halides is 1. The summed E-state index contributed by atoms with van der Waals surface area (Å²) in [6.07, 6.45) is -0.160. The quantitative estimate of drug-likeness (QED) is 0.804. The summed E-state index contributed by atoms with van der Waals surface area (Å²) in [5.41, 5.74) is 2.99. The third kappa shape index (κ3) is 1.94. The number of para-hydroxylation sites is 1. The molecule has 4 rings (SSSR count). The number of hydrogen-bond acceptors (Lipinski definition) is 2. The molecule has 0 spiro atoms. The fraction of sp³-hybridized carbons (Fsp3) is 0.294. The zero-order chi connectivity index (χ0) is 14.4. The maximum Gasteiger partial charge on any atom is 0.160 e. The molecule has 3 unspecified atom stereocenters. The summed E-state index contributed by atoms with van der Waals surface area (Å²) < 4.78 is 27.5. The van der Waals surface area contributed by atoms with Gasteiger partial charge >= 0.3 is 0 Å². The lowest BCUT2D eigenvalue weighted by Crippen LogP contribution is -2.47. The van der Waals surface area contributed by atoms with Crippen molar-refractivity contribution in [2.75, 3.05) is 11.4 Å². The van der Waals surface area contributed by atoms with Gasteiger partial charge in [-0.1, -0.05) is 18.2 Å². The largest absolute Gasteiger partial charge is 0.337 e. The molecule has 0 radical (unpaired) electrons. The van der Waals surface area contributed by atoms with Crippen molar-refractivity contribution in [1.29, 1.82) is 0 Å². The van der Waals surface area contributed by atoms with Gasteiger partial charge < -0.3 is 4.90 Å². The van der Waals surface area contributed by atoms with Crippen LogP contribution in [0.1, 0.15) is 17.9 Å². The average Bonchev–Trinajstić information content (AvgIpc) is 2.84. The fourth-order valence-electron chi connectivity index (χ4n) is 3.62. The minimum atomic E-state index is -1.03.